The number of unbranched alkanes of at least 4 members (excludes halogenated alkanes) is 1. The average Bonchev–Trinajstić information content (AvgIpc) is 2.86. The number of nitrogens with two attached hydrogens (primary N) is 1. The van der Waals surface area contributed by atoms with Gasteiger partial charge in [-0.3, -0.25) is 0 Å². The maximum absolute atomic E-state index is 13.6. The highest BCUT2D eigenvalue weighted by molar-refractivity contribution is 14.1. The maximum Gasteiger partial charge on any atom is 0.123 e. The van der Waals surface area contributed by atoms with Gasteiger partial charge in [-0.15, -0.1) is 0 Å². The zero-order valence-corrected chi connectivity index (χ0v) is 14.4. The van der Waals surface area contributed by atoms with Crippen molar-refractivity contribution in [3.8, 4) is 11.3 Å². The van der Waals surface area contributed by atoms with Gasteiger partial charge in [0.2, 0.25) is 0 Å². The molecule has 2 nitrogen and oxygen atoms in total. The SMILES string of the molecule is NCCCCc1c(-c2cccc(I)c2)[nH]c2ccc(F)cc12. The molecule has 0 bridgehead atoms. The molecule has 0 atom stereocenters. The smallest absolute Gasteiger partial charge is 0.123 e. The van der Waals surface area contributed by atoms with Gasteiger partial charge in [-0.1, -0.05) is 12.1 Å². The van der Waals surface area contributed by atoms with Crippen molar-refractivity contribution in [2.75, 3.05) is 6.54 Å². The lowest BCUT2D eigenvalue weighted by Gasteiger charge is -2.06. The molecule has 0 saturated carbocycles. The van der Waals surface area contributed by atoms with E-state index in [4.69, 9.17) is 5.73 Å². The van der Waals surface area contributed by atoms with Gasteiger partial charge in [0.15, 0.2) is 0 Å². The predicted octanol–water partition coefficient (Wildman–Crippen LogP) is 4.86. The Morgan fingerprint density at radius 2 is 1.95 bits per heavy atom. The number of hydrogen-bond donors (Lipinski definition) is 2. The fourth-order valence-electron chi connectivity index (χ4n) is 2.82. The largest absolute Gasteiger partial charge is 0.354 e. The van der Waals surface area contributed by atoms with Gasteiger partial charge in [0, 0.05) is 20.2 Å². The minimum absolute atomic E-state index is 0.194. The molecule has 1 heterocycles. The van der Waals surface area contributed by atoms with E-state index in [2.05, 4.69) is 45.8 Å². The molecule has 0 spiro atoms. The average molecular weight is 408 g/mol. The van der Waals surface area contributed by atoms with Gasteiger partial charge >= 0.3 is 0 Å². The van der Waals surface area contributed by atoms with Crippen LogP contribution in [0.3, 0.4) is 0 Å². The molecule has 0 aliphatic carbocycles. The number of halogens is 2. The molecular weight excluding hydrogens is 390 g/mol. The normalized spacial score (nSPS) is 11.2. The van der Waals surface area contributed by atoms with Crippen molar-refractivity contribution in [2.45, 2.75) is 19.3 Å². The summed E-state index contributed by atoms with van der Waals surface area (Å²) in [5, 5.41) is 0.978. The monoisotopic (exact) mass is 408 g/mol. The van der Waals surface area contributed by atoms with Crippen LogP contribution < -0.4 is 5.73 Å². The van der Waals surface area contributed by atoms with Crippen molar-refractivity contribution in [1.82, 2.24) is 4.98 Å². The molecule has 0 aliphatic heterocycles. The van der Waals surface area contributed by atoms with E-state index in [1.807, 2.05) is 12.1 Å². The van der Waals surface area contributed by atoms with Gasteiger partial charge in [0.25, 0.3) is 0 Å². The number of hydrogen-bond acceptors (Lipinski definition) is 1. The third-order valence-electron chi connectivity index (χ3n) is 3.86. The van der Waals surface area contributed by atoms with Crippen LogP contribution in [0, 0.1) is 9.39 Å². The Bertz CT molecular complexity index is 795. The van der Waals surface area contributed by atoms with Gasteiger partial charge in [-0.2, -0.15) is 0 Å². The lowest BCUT2D eigenvalue weighted by atomic mass is 10.0. The molecule has 0 amide bonds. The van der Waals surface area contributed by atoms with Crippen LogP contribution in [0.4, 0.5) is 4.39 Å². The van der Waals surface area contributed by atoms with E-state index in [9.17, 15) is 4.39 Å². The van der Waals surface area contributed by atoms with E-state index < -0.39 is 0 Å². The minimum atomic E-state index is -0.194. The zero-order chi connectivity index (χ0) is 15.5. The van der Waals surface area contributed by atoms with Gasteiger partial charge in [-0.05, 0) is 89.9 Å². The van der Waals surface area contributed by atoms with Crippen LogP contribution >= 0.6 is 22.6 Å². The summed E-state index contributed by atoms with van der Waals surface area (Å²) in [5.74, 6) is -0.194. The number of aryl methyl sites for hydroxylation is 1. The van der Waals surface area contributed by atoms with E-state index in [0.717, 1.165) is 41.4 Å². The second-order valence-corrected chi connectivity index (χ2v) is 6.67. The fourth-order valence-corrected chi connectivity index (χ4v) is 3.36. The van der Waals surface area contributed by atoms with E-state index in [1.54, 1.807) is 6.07 Å². The lowest BCUT2D eigenvalue weighted by Crippen LogP contribution is -1.99. The Kier molecular flexibility index (Phi) is 4.78. The highest BCUT2D eigenvalue weighted by atomic mass is 127. The summed E-state index contributed by atoms with van der Waals surface area (Å²) < 4.78 is 14.8. The van der Waals surface area contributed by atoms with Crippen LogP contribution in [-0.4, -0.2) is 11.5 Å². The predicted molar refractivity (Wildman–Crippen MR) is 98.4 cm³/mol. The summed E-state index contributed by atoms with van der Waals surface area (Å²) >= 11 is 2.31. The van der Waals surface area contributed by atoms with Crippen LogP contribution in [-0.2, 0) is 6.42 Å². The summed E-state index contributed by atoms with van der Waals surface area (Å²) in [6.07, 6.45) is 2.89. The second kappa shape index (κ2) is 6.79. The highest BCUT2D eigenvalue weighted by Gasteiger charge is 2.13. The number of nitrogens with one attached hydrogen (secondary N) is 1. The molecule has 1 aromatic heterocycles. The lowest BCUT2D eigenvalue weighted by molar-refractivity contribution is 0.629. The molecule has 0 fully saturated rings. The Labute approximate surface area is 143 Å². The fraction of sp³-hybridized carbons (Fsp3) is 0.222. The third kappa shape index (κ3) is 3.17. The number of H-pyrrole nitrogens is 1. The van der Waals surface area contributed by atoms with Crippen LogP contribution in [0.1, 0.15) is 18.4 Å². The second-order valence-electron chi connectivity index (χ2n) is 5.42. The number of fused-ring (bicyclic) bond motifs is 1. The molecule has 0 radical (unpaired) electrons. The molecule has 3 N–H and O–H groups in total. The van der Waals surface area contributed by atoms with Crippen LogP contribution in [0.5, 0.6) is 0 Å². The number of aromatic nitrogens is 1. The van der Waals surface area contributed by atoms with E-state index in [-0.39, 0.29) is 5.82 Å². The van der Waals surface area contributed by atoms with Crippen LogP contribution in [0.2, 0.25) is 0 Å². The number of benzene rings is 2. The first kappa shape index (κ1) is 15.5. The van der Waals surface area contributed by atoms with Gasteiger partial charge in [0.1, 0.15) is 5.82 Å². The van der Waals surface area contributed by atoms with Crippen molar-refractivity contribution in [2.24, 2.45) is 5.73 Å². The molecule has 114 valence electrons. The molecule has 3 rings (SSSR count). The van der Waals surface area contributed by atoms with Crippen LogP contribution in [0.25, 0.3) is 22.2 Å². The Morgan fingerprint density at radius 3 is 2.73 bits per heavy atom. The number of rotatable bonds is 5. The van der Waals surface area contributed by atoms with Crippen molar-refractivity contribution in [3.05, 3.63) is 57.4 Å². The quantitative estimate of drug-likeness (QED) is 0.460. The molecular formula is C18H18FIN2. The molecule has 0 unspecified atom stereocenters. The first-order valence-electron chi connectivity index (χ1n) is 7.45. The first-order chi connectivity index (χ1) is 10.7. The molecule has 0 aliphatic rings. The summed E-state index contributed by atoms with van der Waals surface area (Å²) in [6.45, 7) is 0.690. The molecule has 0 saturated heterocycles. The Hall–Kier alpha value is -1.40. The van der Waals surface area contributed by atoms with Crippen molar-refractivity contribution < 1.29 is 4.39 Å². The minimum Gasteiger partial charge on any atom is -0.354 e. The Morgan fingerprint density at radius 1 is 1.09 bits per heavy atom. The topological polar surface area (TPSA) is 41.8 Å². The van der Waals surface area contributed by atoms with Crippen molar-refractivity contribution >= 4 is 33.5 Å². The summed E-state index contributed by atoms with van der Waals surface area (Å²) in [5.41, 5.74) is 10.0. The van der Waals surface area contributed by atoms with Crippen molar-refractivity contribution in [3.63, 3.8) is 0 Å². The standard InChI is InChI=1S/C18H18FIN2/c19-13-7-8-17-16(11-13)15(6-1-2-9-21)18(22-17)12-4-3-5-14(20)10-12/h3-5,7-8,10-11,22H,1-2,6,9,21H2. The van der Waals surface area contributed by atoms with E-state index in [1.165, 1.54) is 15.2 Å². The molecule has 2 aromatic carbocycles. The first-order valence-corrected chi connectivity index (χ1v) is 8.53. The molecule has 3 aromatic rings. The maximum atomic E-state index is 13.6. The Balaban J connectivity index is 2.13. The molecule has 4 heteroatoms. The van der Waals surface area contributed by atoms with E-state index in [0.29, 0.717) is 6.54 Å². The van der Waals surface area contributed by atoms with Gasteiger partial charge in [-0.25, -0.2) is 4.39 Å². The summed E-state index contributed by atoms with van der Waals surface area (Å²) in [4.78, 5) is 3.46. The van der Waals surface area contributed by atoms with Crippen LogP contribution in [0.15, 0.2) is 42.5 Å². The zero-order valence-electron chi connectivity index (χ0n) is 12.2. The van der Waals surface area contributed by atoms with E-state index >= 15 is 0 Å². The number of aromatic amines is 1. The highest BCUT2D eigenvalue weighted by Crippen LogP contribution is 2.32. The van der Waals surface area contributed by atoms with Gasteiger partial charge in [0.05, 0.1) is 0 Å². The van der Waals surface area contributed by atoms with Crippen molar-refractivity contribution in [1.29, 1.82) is 0 Å². The third-order valence-corrected chi connectivity index (χ3v) is 4.53. The molecule has 22 heavy (non-hydrogen) atoms. The van der Waals surface area contributed by atoms with Gasteiger partial charge < -0.3 is 10.7 Å². The summed E-state index contributed by atoms with van der Waals surface area (Å²) in [6, 6.07) is 13.3. The summed E-state index contributed by atoms with van der Waals surface area (Å²) in [7, 11) is 0.